The van der Waals surface area contributed by atoms with E-state index in [-0.39, 0.29) is 5.78 Å². The summed E-state index contributed by atoms with van der Waals surface area (Å²) in [7, 11) is 1.68. The Morgan fingerprint density at radius 3 is 2.44 bits per heavy atom. The predicted octanol–water partition coefficient (Wildman–Crippen LogP) is 4.92. The molecule has 1 unspecified atom stereocenters. The highest BCUT2D eigenvalue weighted by Gasteiger charge is 2.25. The Kier molecular flexibility index (Phi) is 11.7. The third-order valence-electron chi connectivity index (χ3n) is 5.11. The van der Waals surface area contributed by atoms with Crippen molar-refractivity contribution in [1.82, 2.24) is 9.88 Å². The zero-order valence-corrected chi connectivity index (χ0v) is 18.0. The van der Waals surface area contributed by atoms with E-state index in [0.29, 0.717) is 18.5 Å². The van der Waals surface area contributed by atoms with Gasteiger partial charge in [0, 0.05) is 43.9 Å². The normalized spacial score (nSPS) is 16.2. The zero-order chi connectivity index (χ0) is 20.1. The van der Waals surface area contributed by atoms with Gasteiger partial charge in [0.15, 0.2) is 0 Å². The highest BCUT2D eigenvalue weighted by molar-refractivity contribution is 5.76. The first-order valence-electron chi connectivity index (χ1n) is 10.5. The van der Waals surface area contributed by atoms with Crippen molar-refractivity contribution in [3.05, 3.63) is 18.5 Å². The average molecular weight is 378 g/mol. The number of anilines is 1. The number of methoxy groups -OCH3 is 1. The Labute approximate surface area is 165 Å². The smallest absolute Gasteiger partial charge is 0.145 e. The number of Topliss-reactive ketones (excluding diaryl/α,β-unsaturated/α-hetero) is 1. The van der Waals surface area contributed by atoms with Crippen molar-refractivity contribution in [2.45, 2.75) is 84.7 Å². The second kappa shape index (κ2) is 13.5. The first-order chi connectivity index (χ1) is 13.0. The van der Waals surface area contributed by atoms with E-state index in [1.807, 2.05) is 12.3 Å². The van der Waals surface area contributed by atoms with E-state index in [4.69, 9.17) is 4.74 Å². The van der Waals surface area contributed by atoms with Crippen LogP contribution in [0.1, 0.15) is 72.6 Å². The summed E-state index contributed by atoms with van der Waals surface area (Å²) in [5, 5.41) is 3.54. The summed E-state index contributed by atoms with van der Waals surface area (Å²) in [5.74, 6) is 1.12. The first-order valence-corrected chi connectivity index (χ1v) is 10.5. The van der Waals surface area contributed by atoms with Crippen molar-refractivity contribution < 1.29 is 9.53 Å². The lowest BCUT2D eigenvalue weighted by molar-refractivity contribution is -0.118. The van der Waals surface area contributed by atoms with Crippen LogP contribution in [0, 0.1) is 0 Å². The molecule has 1 aromatic heterocycles. The van der Waals surface area contributed by atoms with Gasteiger partial charge in [0.25, 0.3) is 0 Å². The standard InChI is InChI=1S/C17H27N3O2.C5H12/c1-4-15(11-13(2)21)20-9-6-14(7-10-20)19-16-12-18-8-5-17(16)22-3;1-3-5-4-2/h5,8,12,14-15,19H,4,6-7,9-11H2,1-3H3;3-5H2,1-2H3. The van der Waals surface area contributed by atoms with Crippen LogP contribution in [0.5, 0.6) is 5.75 Å². The molecule has 0 amide bonds. The van der Waals surface area contributed by atoms with E-state index in [2.05, 4.69) is 36.0 Å². The molecule has 27 heavy (non-hydrogen) atoms. The SMILES string of the molecule is CCC(CC(C)=O)N1CCC(Nc2cnccc2OC)CC1.CCCCC. The molecule has 1 aromatic rings. The Morgan fingerprint density at radius 1 is 1.30 bits per heavy atom. The number of carbonyl (C=O) groups is 1. The Balaban J connectivity index is 0.000000646. The lowest BCUT2D eigenvalue weighted by Gasteiger charge is -2.37. The van der Waals surface area contributed by atoms with E-state index >= 15 is 0 Å². The van der Waals surface area contributed by atoms with Gasteiger partial charge >= 0.3 is 0 Å². The summed E-state index contributed by atoms with van der Waals surface area (Å²) in [4.78, 5) is 18.0. The summed E-state index contributed by atoms with van der Waals surface area (Å²) in [6.07, 6.45) is 11.5. The fraction of sp³-hybridized carbons (Fsp3) is 0.727. The van der Waals surface area contributed by atoms with Crippen LogP contribution in [-0.4, -0.2) is 48.0 Å². The number of nitrogens with one attached hydrogen (secondary N) is 1. The number of ether oxygens (including phenoxy) is 1. The number of aromatic nitrogens is 1. The molecule has 0 radical (unpaired) electrons. The molecule has 2 heterocycles. The van der Waals surface area contributed by atoms with Gasteiger partial charge in [-0.15, -0.1) is 0 Å². The van der Waals surface area contributed by atoms with E-state index < -0.39 is 0 Å². The molecule has 0 aliphatic carbocycles. The van der Waals surface area contributed by atoms with Crippen LogP contribution < -0.4 is 10.1 Å². The summed E-state index contributed by atoms with van der Waals surface area (Å²) >= 11 is 0. The number of hydrogen-bond donors (Lipinski definition) is 1. The molecule has 1 N–H and O–H groups in total. The minimum atomic E-state index is 0.284. The number of nitrogens with zero attached hydrogens (tertiary/aromatic N) is 2. The second-order valence-electron chi connectivity index (χ2n) is 7.35. The van der Waals surface area contributed by atoms with Crippen molar-refractivity contribution in [3.63, 3.8) is 0 Å². The van der Waals surface area contributed by atoms with Crippen LogP contribution in [-0.2, 0) is 4.79 Å². The van der Waals surface area contributed by atoms with Gasteiger partial charge in [0.2, 0.25) is 0 Å². The van der Waals surface area contributed by atoms with E-state index in [0.717, 1.165) is 43.8 Å². The predicted molar refractivity (Wildman–Crippen MR) is 114 cm³/mol. The lowest BCUT2D eigenvalue weighted by atomic mass is 9.99. The van der Waals surface area contributed by atoms with Crippen molar-refractivity contribution in [2.75, 3.05) is 25.5 Å². The molecule has 1 fully saturated rings. The Morgan fingerprint density at radius 2 is 1.96 bits per heavy atom. The molecule has 0 saturated carbocycles. The summed E-state index contributed by atoms with van der Waals surface area (Å²) in [5.41, 5.74) is 0.958. The first kappa shape index (κ1) is 23.4. The number of piperidine rings is 1. The highest BCUT2D eigenvalue weighted by Crippen LogP contribution is 2.26. The Bertz CT molecular complexity index is 526. The maximum atomic E-state index is 11.4. The van der Waals surface area contributed by atoms with Gasteiger partial charge in [-0.1, -0.05) is 40.0 Å². The molecule has 5 heteroatoms. The molecule has 1 saturated heterocycles. The fourth-order valence-corrected chi connectivity index (χ4v) is 3.51. The van der Waals surface area contributed by atoms with Gasteiger partial charge in [-0.3, -0.25) is 14.7 Å². The van der Waals surface area contributed by atoms with Crippen LogP contribution in [0.4, 0.5) is 5.69 Å². The van der Waals surface area contributed by atoms with Crippen LogP contribution in [0.2, 0.25) is 0 Å². The van der Waals surface area contributed by atoms with E-state index in [1.165, 1.54) is 19.3 Å². The number of carbonyl (C=O) groups excluding carboxylic acids is 1. The molecule has 0 bridgehead atoms. The fourth-order valence-electron chi connectivity index (χ4n) is 3.51. The molecule has 154 valence electrons. The molecular weight excluding hydrogens is 338 g/mol. The molecule has 1 atom stereocenters. The molecule has 1 aliphatic heterocycles. The van der Waals surface area contributed by atoms with Gasteiger partial charge in [-0.2, -0.15) is 0 Å². The maximum Gasteiger partial charge on any atom is 0.145 e. The average Bonchev–Trinajstić information content (AvgIpc) is 2.68. The van der Waals surface area contributed by atoms with Crippen molar-refractivity contribution in [1.29, 1.82) is 0 Å². The lowest BCUT2D eigenvalue weighted by Crippen LogP contribution is -2.45. The zero-order valence-electron chi connectivity index (χ0n) is 18.0. The number of likely N-dealkylation sites (tertiary alicyclic amines) is 1. The van der Waals surface area contributed by atoms with Gasteiger partial charge in [-0.25, -0.2) is 0 Å². The molecular formula is C22H39N3O2. The number of rotatable bonds is 9. The monoisotopic (exact) mass is 377 g/mol. The quantitative estimate of drug-likeness (QED) is 0.662. The van der Waals surface area contributed by atoms with E-state index in [1.54, 1.807) is 20.2 Å². The van der Waals surface area contributed by atoms with Crippen LogP contribution >= 0.6 is 0 Å². The van der Waals surface area contributed by atoms with Crippen LogP contribution in [0.25, 0.3) is 0 Å². The van der Waals surface area contributed by atoms with Gasteiger partial charge in [-0.05, 0) is 26.2 Å². The van der Waals surface area contributed by atoms with Crippen LogP contribution in [0.15, 0.2) is 18.5 Å². The number of hydrogen-bond acceptors (Lipinski definition) is 5. The Hall–Kier alpha value is -1.62. The van der Waals surface area contributed by atoms with Crippen molar-refractivity contribution >= 4 is 11.5 Å². The van der Waals surface area contributed by atoms with Gasteiger partial charge < -0.3 is 10.1 Å². The third kappa shape index (κ3) is 8.74. The number of pyridine rings is 1. The summed E-state index contributed by atoms with van der Waals surface area (Å²) < 4.78 is 5.36. The largest absolute Gasteiger partial charge is 0.494 e. The minimum Gasteiger partial charge on any atom is -0.494 e. The molecule has 1 aliphatic rings. The molecule has 0 aromatic carbocycles. The minimum absolute atomic E-state index is 0.284. The van der Waals surface area contributed by atoms with Crippen molar-refractivity contribution in [2.24, 2.45) is 0 Å². The third-order valence-corrected chi connectivity index (χ3v) is 5.11. The summed E-state index contributed by atoms with van der Waals surface area (Å²) in [6, 6.07) is 2.70. The van der Waals surface area contributed by atoms with E-state index in [9.17, 15) is 4.79 Å². The van der Waals surface area contributed by atoms with Gasteiger partial charge in [0.1, 0.15) is 11.5 Å². The number of unbranched alkanes of at least 4 members (excludes halogenated alkanes) is 2. The topological polar surface area (TPSA) is 54.5 Å². The molecule has 2 rings (SSSR count). The molecule has 0 spiro atoms. The summed E-state index contributed by atoms with van der Waals surface area (Å²) in [6.45, 7) is 10.3. The van der Waals surface area contributed by atoms with Crippen LogP contribution in [0.3, 0.4) is 0 Å². The highest BCUT2D eigenvalue weighted by atomic mass is 16.5. The second-order valence-corrected chi connectivity index (χ2v) is 7.35. The van der Waals surface area contributed by atoms with Gasteiger partial charge in [0.05, 0.1) is 19.0 Å². The maximum absolute atomic E-state index is 11.4. The number of ketones is 1. The van der Waals surface area contributed by atoms with Crippen molar-refractivity contribution in [3.8, 4) is 5.75 Å². The molecule has 5 nitrogen and oxygen atoms in total.